The van der Waals surface area contributed by atoms with Crippen molar-refractivity contribution in [3.05, 3.63) is 70.4 Å². The summed E-state index contributed by atoms with van der Waals surface area (Å²) in [5.41, 5.74) is 8.61. The molecular weight excluding hydrogens is 226 g/mol. The van der Waals surface area contributed by atoms with E-state index >= 15 is 0 Å². The predicted octanol–water partition coefficient (Wildman–Crippen LogP) is 3.95. The maximum Gasteiger partial charge on any atom is 0.0560 e. The number of benzene rings is 2. The molecule has 0 saturated heterocycles. The molecule has 84 valence electrons. The van der Waals surface area contributed by atoms with Crippen LogP contribution in [0.2, 0.25) is 0 Å². The highest BCUT2D eigenvalue weighted by atomic mass is 32.1. The zero-order chi connectivity index (χ0) is 11.7. The molecule has 2 N–H and O–H groups in total. The van der Waals surface area contributed by atoms with Crippen molar-refractivity contribution in [2.75, 3.05) is 0 Å². The van der Waals surface area contributed by atoms with Crippen LogP contribution in [0.25, 0.3) is 10.8 Å². The monoisotopic (exact) mass is 239 g/mol. The second-order valence-corrected chi connectivity index (χ2v) is 4.92. The van der Waals surface area contributed by atoms with E-state index in [0.717, 1.165) is 0 Å². The van der Waals surface area contributed by atoms with Gasteiger partial charge in [0.15, 0.2) is 0 Å². The van der Waals surface area contributed by atoms with Crippen LogP contribution in [-0.2, 0) is 0 Å². The first kappa shape index (κ1) is 10.5. The summed E-state index contributed by atoms with van der Waals surface area (Å²) in [7, 11) is 0. The molecular formula is C15H13NS. The fourth-order valence-corrected chi connectivity index (χ4v) is 2.74. The SMILES string of the molecule is N[C@@H](c1ccsc1)c1ccc2ccccc2c1. The van der Waals surface area contributed by atoms with Gasteiger partial charge in [-0.05, 0) is 44.8 Å². The maximum absolute atomic E-state index is 6.26. The van der Waals surface area contributed by atoms with Crippen molar-refractivity contribution in [3.63, 3.8) is 0 Å². The summed E-state index contributed by atoms with van der Waals surface area (Å²) in [5, 5.41) is 6.68. The van der Waals surface area contributed by atoms with Gasteiger partial charge < -0.3 is 5.73 Å². The summed E-state index contributed by atoms with van der Waals surface area (Å²) < 4.78 is 0. The van der Waals surface area contributed by atoms with E-state index in [1.54, 1.807) is 11.3 Å². The van der Waals surface area contributed by atoms with Gasteiger partial charge in [-0.2, -0.15) is 11.3 Å². The van der Waals surface area contributed by atoms with E-state index in [4.69, 9.17) is 5.73 Å². The topological polar surface area (TPSA) is 26.0 Å². The number of fused-ring (bicyclic) bond motifs is 1. The Bertz CT molecular complexity index is 628. The predicted molar refractivity (Wildman–Crippen MR) is 74.3 cm³/mol. The lowest BCUT2D eigenvalue weighted by molar-refractivity contribution is 0.879. The van der Waals surface area contributed by atoms with Crippen molar-refractivity contribution >= 4 is 22.1 Å². The lowest BCUT2D eigenvalue weighted by atomic mass is 9.99. The molecule has 1 atom stereocenters. The van der Waals surface area contributed by atoms with Gasteiger partial charge in [-0.25, -0.2) is 0 Å². The minimum atomic E-state index is -0.0224. The first-order valence-electron chi connectivity index (χ1n) is 5.61. The molecule has 0 aliphatic rings. The molecule has 17 heavy (non-hydrogen) atoms. The van der Waals surface area contributed by atoms with Gasteiger partial charge in [0, 0.05) is 0 Å². The van der Waals surface area contributed by atoms with E-state index in [-0.39, 0.29) is 6.04 Å². The Hall–Kier alpha value is -1.64. The number of hydrogen-bond acceptors (Lipinski definition) is 2. The van der Waals surface area contributed by atoms with Gasteiger partial charge in [0.1, 0.15) is 0 Å². The third-order valence-corrected chi connectivity index (χ3v) is 3.74. The lowest BCUT2D eigenvalue weighted by Crippen LogP contribution is -2.10. The fourth-order valence-electron chi connectivity index (χ4n) is 2.05. The average Bonchev–Trinajstić information content (AvgIpc) is 2.91. The van der Waals surface area contributed by atoms with Crippen molar-refractivity contribution in [2.45, 2.75) is 6.04 Å². The molecule has 0 aliphatic carbocycles. The Morgan fingerprint density at radius 1 is 0.882 bits per heavy atom. The second kappa shape index (κ2) is 4.32. The van der Waals surface area contributed by atoms with E-state index in [2.05, 4.69) is 59.3 Å². The molecule has 0 saturated carbocycles. The van der Waals surface area contributed by atoms with Crippen LogP contribution in [-0.4, -0.2) is 0 Å². The highest BCUT2D eigenvalue weighted by Gasteiger charge is 2.09. The summed E-state index contributed by atoms with van der Waals surface area (Å²) in [6, 6.07) is 16.9. The Balaban J connectivity index is 2.06. The molecule has 0 radical (unpaired) electrons. The van der Waals surface area contributed by atoms with Crippen LogP contribution in [0.3, 0.4) is 0 Å². The number of hydrogen-bond donors (Lipinski definition) is 1. The van der Waals surface area contributed by atoms with Crippen LogP contribution in [0.4, 0.5) is 0 Å². The molecule has 2 aromatic carbocycles. The summed E-state index contributed by atoms with van der Waals surface area (Å²) in [4.78, 5) is 0. The standard InChI is InChI=1S/C15H13NS/c16-15(14-7-8-17-10-14)13-6-5-11-3-1-2-4-12(11)9-13/h1-10,15H,16H2/t15-/m1/s1. The molecule has 1 heterocycles. The van der Waals surface area contributed by atoms with E-state index < -0.39 is 0 Å². The Morgan fingerprint density at radius 2 is 1.71 bits per heavy atom. The van der Waals surface area contributed by atoms with Crippen LogP contribution < -0.4 is 5.73 Å². The van der Waals surface area contributed by atoms with E-state index in [1.807, 2.05) is 0 Å². The van der Waals surface area contributed by atoms with Crippen molar-refractivity contribution in [3.8, 4) is 0 Å². The van der Waals surface area contributed by atoms with E-state index in [9.17, 15) is 0 Å². The fraction of sp³-hybridized carbons (Fsp3) is 0.0667. The molecule has 0 spiro atoms. The molecule has 3 aromatic rings. The van der Waals surface area contributed by atoms with Gasteiger partial charge in [-0.3, -0.25) is 0 Å². The summed E-state index contributed by atoms with van der Waals surface area (Å²) in [6.45, 7) is 0. The van der Waals surface area contributed by atoms with Gasteiger partial charge >= 0.3 is 0 Å². The first-order valence-corrected chi connectivity index (χ1v) is 6.55. The highest BCUT2D eigenvalue weighted by molar-refractivity contribution is 7.08. The third kappa shape index (κ3) is 1.97. The zero-order valence-electron chi connectivity index (χ0n) is 9.34. The van der Waals surface area contributed by atoms with Crippen LogP contribution in [0, 0.1) is 0 Å². The van der Waals surface area contributed by atoms with Gasteiger partial charge in [0.2, 0.25) is 0 Å². The summed E-state index contributed by atoms with van der Waals surface area (Å²) >= 11 is 1.69. The van der Waals surface area contributed by atoms with Crippen LogP contribution in [0.1, 0.15) is 17.2 Å². The minimum absolute atomic E-state index is 0.0224. The average molecular weight is 239 g/mol. The molecule has 0 bridgehead atoms. The zero-order valence-corrected chi connectivity index (χ0v) is 10.2. The van der Waals surface area contributed by atoms with E-state index in [1.165, 1.54) is 21.9 Å². The normalized spacial score (nSPS) is 12.8. The Kier molecular flexibility index (Phi) is 2.67. The molecule has 0 aliphatic heterocycles. The molecule has 1 aromatic heterocycles. The minimum Gasteiger partial charge on any atom is -0.320 e. The van der Waals surface area contributed by atoms with Crippen LogP contribution in [0.5, 0.6) is 0 Å². The van der Waals surface area contributed by atoms with Crippen molar-refractivity contribution < 1.29 is 0 Å². The molecule has 2 heteroatoms. The molecule has 0 unspecified atom stereocenters. The van der Waals surface area contributed by atoms with Crippen LogP contribution >= 0.6 is 11.3 Å². The third-order valence-electron chi connectivity index (χ3n) is 3.03. The van der Waals surface area contributed by atoms with Crippen LogP contribution in [0.15, 0.2) is 59.3 Å². The first-order chi connectivity index (χ1) is 8.34. The quantitative estimate of drug-likeness (QED) is 0.720. The van der Waals surface area contributed by atoms with Crippen molar-refractivity contribution in [1.29, 1.82) is 0 Å². The molecule has 0 amide bonds. The van der Waals surface area contributed by atoms with Crippen molar-refractivity contribution in [1.82, 2.24) is 0 Å². The number of nitrogens with two attached hydrogens (primary N) is 1. The van der Waals surface area contributed by atoms with Crippen molar-refractivity contribution in [2.24, 2.45) is 5.73 Å². The van der Waals surface area contributed by atoms with Gasteiger partial charge in [0.25, 0.3) is 0 Å². The number of rotatable bonds is 2. The highest BCUT2D eigenvalue weighted by Crippen LogP contribution is 2.24. The molecule has 3 rings (SSSR count). The lowest BCUT2D eigenvalue weighted by Gasteiger charge is -2.11. The largest absolute Gasteiger partial charge is 0.320 e. The van der Waals surface area contributed by atoms with E-state index in [0.29, 0.717) is 0 Å². The number of thiophene rings is 1. The Labute approximate surface area is 105 Å². The summed E-state index contributed by atoms with van der Waals surface area (Å²) in [6.07, 6.45) is 0. The van der Waals surface area contributed by atoms with Gasteiger partial charge in [0.05, 0.1) is 6.04 Å². The molecule has 1 nitrogen and oxygen atoms in total. The second-order valence-electron chi connectivity index (χ2n) is 4.14. The van der Waals surface area contributed by atoms with Gasteiger partial charge in [-0.15, -0.1) is 0 Å². The summed E-state index contributed by atoms with van der Waals surface area (Å²) in [5.74, 6) is 0. The van der Waals surface area contributed by atoms with Gasteiger partial charge in [-0.1, -0.05) is 36.4 Å². The maximum atomic E-state index is 6.26. The molecule has 0 fully saturated rings. The smallest absolute Gasteiger partial charge is 0.0560 e. The Morgan fingerprint density at radius 3 is 2.47 bits per heavy atom.